The number of benzene rings is 2. The van der Waals surface area contributed by atoms with Crippen LogP contribution in [0, 0.1) is 12.7 Å². The maximum Gasteiger partial charge on any atom is 0.257 e. The van der Waals surface area contributed by atoms with E-state index in [1.165, 1.54) is 18.3 Å². The number of aromatic nitrogens is 1. The van der Waals surface area contributed by atoms with Crippen molar-refractivity contribution < 1.29 is 9.18 Å². The lowest BCUT2D eigenvalue weighted by atomic mass is 10.1. The Bertz CT molecular complexity index is 830. The third-order valence-electron chi connectivity index (χ3n) is 3.18. The van der Waals surface area contributed by atoms with E-state index in [1.54, 1.807) is 12.1 Å². The van der Waals surface area contributed by atoms with Gasteiger partial charge in [0.25, 0.3) is 5.91 Å². The highest BCUT2D eigenvalue weighted by Gasteiger charge is 2.08. The average Bonchev–Trinajstić information content (AvgIpc) is 2.46. The summed E-state index contributed by atoms with van der Waals surface area (Å²) < 4.78 is 13.1. The van der Waals surface area contributed by atoms with Crippen molar-refractivity contribution in [3.63, 3.8) is 0 Å². The monoisotopic (exact) mass is 280 g/mol. The molecule has 3 rings (SSSR count). The maximum atomic E-state index is 13.1. The first kappa shape index (κ1) is 13.2. The lowest BCUT2D eigenvalue weighted by Gasteiger charge is -2.06. The van der Waals surface area contributed by atoms with E-state index >= 15 is 0 Å². The van der Waals surface area contributed by atoms with Crippen LogP contribution in [0.1, 0.15) is 15.9 Å². The van der Waals surface area contributed by atoms with Gasteiger partial charge in [-0.05, 0) is 42.8 Å². The molecule has 1 N–H and O–H groups in total. The minimum atomic E-state index is -0.341. The zero-order valence-electron chi connectivity index (χ0n) is 11.4. The number of aryl methyl sites for hydroxylation is 1. The molecule has 0 unspecified atom stereocenters. The second-order valence-corrected chi connectivity index (χ2v) is 4.88. The molecular weight excluding hydrogens is 267 g/mol. The number of rotatable bonds is 2. The summed E-state index contributed by atoms with van der Waals surface area (Å²) in [5.74, 6) is -0.578. The van der Waals surface area contributed by atoms with Crippen LogP contribution >= 0.6 is 0 Å². The molecule has 1 amide bonds. The Hall–Kier alpha value is -2.75. The number of anilines is 1. The minimum Gasteiger partial charge on any atom is -0.322 e. The quantitative estimate of drug-likeness (QED) is 0.772. The fourth-order valence-corrected chi connectivity index (χ4v) is 2.14. The van der Waals surface area contributed by atoms with Gasteiger partial charge in [-0.2, -0.15) is 0 Å². The number of carbonyl (C=O) groups excluding carboxylic acids is 1. The fourth-order valence-electron chi connectivity index (χ4n) is 2.14. The van der Waals surface area contributed by atoms with Crippen molar-refractivity contribution in [1.29, 1.82) is 0 Å². The third kappa shape index (κ3) is 2.89. The molecule has 4 heteroatoms. The topological polar surface area (TPSA) is 42.0 Å². The molecule has 0 fully saturated rings. The van der Waals surface area contributed by atoms with Crippen LogP contribution in [0.2, 0.25) is 0 Å². The van der Waals surface area contributed by atoms with Crippen molar-refractivity contribution in [1.82, 2.24) is 4.98 Å². The first-order valence-electron chi connectivity index (χ1n) is 6.55. The summed E-state index contributed by atoms with van der Waals surface area (Å²) in [5, 5.41) is 3.55. The molecule has 21 heavy (non-hydrogen) atoms. The van der Waals surface area contributed by atoms with Gasteiger partial charge >= 0.3 is 0 Å². The molecule has 1 heterocycles. The molecule has 0 radical (unpaired) electrons. The van der Waals surface area contributed by atoms with E-state index < -0.39 is 0 Å². The van der Waals surface area contributed by atoms with Crippen molar-refractivity contribution in [2.45, 2.75) is 6.92 Å². The summed E-state index contributed by atoms with van der Waals surface area (Å²) in [6.07, 6.45) is 1.45. The summed E-state index contributed by atoms with van der Waals surface area (Å²) in [6.45, 7) is 1.96. The molecule has 0 bridgehead atoms. The normalized spacial score (nSPS) is 10.6. The van der Waals surface area contributed by atoms with Gasteiger partial charge in [0, 0.05) is 23.3 Å². The lowest BCUT2D eigenvalue weighted by molar-refractivity contribution is 0.102. The van der Waals surface area contributed by atoms with Crippen molar-refractivity contribution in [2.75, 3.05) is 5.32 Å². The van der Waals surface area contributed by atoms with Gasteiger partial charge in [-0.25, -0.2) is 4.39 Å². The number of carbonyl (C=O) groups is 1. The molecule has 0 saturated heterocycles. The van der Waals surface area contributed by atoms with Crippen molar-refractivity contribution >= 4 is 22.5 Å². The van der Waals surface area contributed by atoms with E-state index in [9.17, 15) is 9.18 Å². The van der Waals surface area contributed by atoms with E-state index in [1.807, 2.05) is 31.2 Å². The molecule has 104 valence electrons. The zero-order valence-corrected chi connectivity index (χ0v) is 11.4. The average molecular weight is 280 g/mol. The molecule has 0 spiro atoms. The van der Waals surface area contributed by atoms with E-state index in [0.717, 1.165) is 16.6 Å². The maximum absolute atomic E-state index is 13.1. The van der Waals surface area contributed by atoms with Gasteiger partial charge in [-0.15, -0.1) is 0 Å². The highest BCUT2D eigenvalue weighted by atomic mass is 19.1. The van der Waals surface area contributed by atoms with Gasteiger partial charge in [0.05, 0.1) is 11.1 Å². The lowest BCUT2D eigenvalue weighted by Crippen LogP contribution is -2.12. The minimum absolute atomic E-state index is 0.237. The molecule has 0 aliphatic heterocycles. The van der Waals surface area contributed by atoms with E-state index in [-0.39, 0.29) is 11.7 Å². The number of fused-ring (bicyclic) bond motifs is 1. The SMILES string of the molecule is Cc1cccc(NC(=O)c2cnc3cc(F)ccc3c2)c1. The van der Waals surface area contributed by atoms with E-state index in [4.69, 9.17) is 0 Å². The number of hydrogen-bond acceptors (Lipinski definition) is 2. The smallest absolute Gasteiger partial charge is 0.257 e. The Morgan fingerprint density at radius 2 is 2.00 bits per heavy atom. The molecule has 3 nitrogen and oxygen atoms in total. The fraction of sp³-hybridized carbons (Fsp3) is 0.0588. The van der Waals surface area contributed by atoms with Crippen LogP contribution in [0.4, 0.5) is 10.1 Å². The van der Waals surface area contributed by atoms with Gasteiger partial charge in [-0.3, -0.25) is 9.78 Å². The largest absolute Gasteiger partial charge is 0.322 e. The summed E-state index contributed by atoms with van der Waals surface area (Å²) in [5.41, 5.74) is 2.77. The highest BCUT2D eigenvalue weighted by molar-refractivity contribution is 6.05. The Morgan fingerprint density at radius 3 is 2.81 bits per heavy atom. The Balaban J connectivity index is 1.89. The molecule has 0 atom stereocenters. The Labute approximate surface area is 121 Å². The van der Waals surface area contributed by atoms with Crippen LogP contribution in [0.15, 0.2) is 54.7 Å². The van der Waals surface area contributed by atoms with Crippen LogP contribution in [0.25, 0.3) is 10.9 Å². The molecule has 1 aromatic heterocycles. The van der Waals surface area contributed by atoms with Crippen molar-refractivity contribution in [3.8, 4) is 0 Å². The summed E-state index contributed by atoms with van der Waals surface area (Å²) in [4.78, 5) is 16.3. The van der Waals surface area contributed by atoms with Crippen LogP contribution in [-0.2, 0) is 0 Å². The van der Waals surface area contributed by atoms with E-state index in [2.05, 4.69) is 10.3 Å². The first-order chi connectivity index (χ1) is 10.1. The van der Waals surface area contributed by atoms with Crippen LogP contribution in [-0.4, -0.2) is 10.9 Å². The highest BCUT2D eigenvalue weighted by Crippen LogP contribution is 2.16. The van der Waals surface area contributed by atoms with Gasteiger partial charge in [0.2, 0.25) is 0 Å². The number of halogens is 1. The summed E-state index contributed by atoms with van der Waals surface area (Å²) in [6, 6.07) is 13.6. The molecule has 0 saturated carbocycles. The predicted molar refractivity (Wildman–Crippen MR) is 80.8 cm³/mol. The van der Waals surface area contributed by atoms with Crippen LogP contribution < -0.4 is 5.32 Å². The van der Waals surface area contributed by atoms with Gasteiger partial charge in [-0.1, -0.05) is 12.1 Å². The molecule has 0 aliphatic carbocycles. The van der Waals surface area contributed by atoms with E-state index in [0.29, 0.717) is 11.1 Å². The third-order valence-corrected chi connectivity index (χ3v) is 3.18. The van der Waals surface area contributed by atoms with Crippen LogP contribution in [0.3, 0.4) is 0 Å². The van der Waals surface area contributed by atoms with Gasteiger partial charge in [0.1, 0.15) is 5.82 Å². The van der Waals surface area contributed by atoms with Gasteiger partial charge < -0.3 is 5.32 Å². The van der Waals surface area contributed by atoms with Crippen LogP contribution in [0.5, 0.6) is 0 Å². The second kappa shape index (κ2) is 5.32. The number of nitrogens with zero attached hydrogens (tertiary/aromatic N) is 1. The number of pyridine rings is 1. The molecule has 0 aliphatic rings. The van der Waals surface area contributed by atoms with Gasteiger partial charge in [0.15, 0.2) is 0 Å². The predicted octanol–water partition coefficient (Wildman–Crippen LogP) is 3.93. The Morgan fingerprint density at radius 1 is 1.14 bits per heavy atom. The van der Waals surface area contributed by atoms with Crippen molar-refractivity contribution in [2.24, 2.45) is 0 Å². The standard InChI is InChI=1S/C17H13FN2O/c1-11-3-2-4-15(7-11)20-17(21)13-8-12-5-6-14(18)9-16(12)19-10-13/h2-10H,1H3,(H,20,21). The number of amides is 1. The molecule has 2 aromatic carbocycles. The summed E-state index contributed by atoms with van der Waals surface area (Å²) in [7, 11) is 0. The molecular formula is C17H13FN2O. The number of hydrogen-bond donors (Lipinski definition) is 1. The zero-order chi connectivity index (χ0) is 14.8. The summed E-state index contributed by atoms with van der Waals surface area (Å²) >= 11 is 0. The first-order valence-corrected chi connectivity index (χ1v) is 6.55. The number of nitrogens with one attached hydrogen (secondary N) is 1. The molecule has 3 aromatic rings. The second-order valence-electron chi connectivity index (χ2n) is 4.88. The van der Waals surface area contributed by atoms with Crippen molar-refractivity contribution in [3.05, 3.63) is 71.7 Å². The Kier molecular flexibility index (Phi) is 3.36.